The Morgan fingerprint density at radius 3 is 2.16 bits per heavy atom. The molecule has 0 aromatic heterocycles. The summed E-state index contributed by atoms with van der Waals surface area (Å²) in [5, 5.41) is 3.18. The van der Waals surface area contributed by atoms with Crippen LogP contribution >= 0.6 is 0 Å². The van der Waals surface area contributed by atoms with Crippen LogP contribution in [-0.2, 0) is 5.92 Å². The van der Waals surface area contributed by atoms with Crippen molar-refractivity contribution in [2.75, 3.05) is 32.7 Å². The van der Waals surface area contributed by atoms with Crippen LogP contribution in [0.15, 0.2) is 12.1 Å². The van der Waals surface area contributed by atoms with Gasteiger partial charge >= 0.3 is 0 Å². The van der Waals surface area contributed by atoms with E-state index in [1.165, 1.54) is 0 Å². The summed E-state index contributed by atoms with van der Waals surface area (Å²) in [4.78, 5) is 1.84. The van der Waals surface area contributed by atoms with E-state index in [4.69, 9.17) is 0 Å². The molecule has 1 N–H and O–H groups in total. The Morgan fingerprint density at radius 2 is 1.63 bits per heavy atom. The van der Waals surface area contributed by atoms with Gasteiger partial charge in [0.2, 0.25) is 0 Å². The molecule has 4 heteroatoms. The smallest absolute Gasteiger partial charge is 0.286 e. The van der Waals surface area contributed by atoms with Gasteiger partial charge in [0.1, 0.15) is 0 Å². The molecule has 1 aromatic carbocycles. The number of hydrogen-bond acceptors (Lipinski definition) is 2. The normalized spacial score (nSPS) is 17.7. The van der Waals surface area contributed by atoms with Gasteiger partial charge in [-0.1, -0.05) is 17.7 Å². The van der Waals surface area contributed by atoms with Gasteiger partial charge < -0.3 is 5.32 Å². The lowest BCUT2D eigenvalue weighted by atomic mass is 9.94. The van der Waals surface area contributed by atoms with Gasteiger partial charge in [0, 0.05) is 31.7 Å². The second kappa shape index (κ2) is 5.55. The number of benzene rings is 1. The minimum Gasteiger partial charge on any atom is -0.314 e. The van der Waals surface area contributed by atoms with Crippen LogP contribution in [-0.4, -0.2) is 37.6 Å². The molecule has 0 bridgehead atoms. The molecule has 0 radical (unpaired) electrons. The molecule has 19 heavy (non-hydrogen) atoms. The van der Waals surface area contributed by atoms with Crippen molar-refractivity contribution in [2.45, 2.75) is 26.7 Å². The van der Waals surface area contributed by atoms with Crippen LogP contribution in [0.4, 0.5) is 8.78 Å². The minimum absolute atomic E-state index is 0.181. The SMILES string of the molecule is Cc1cc(C)c(C(F)(F)CN2CCNCC2)c(C)c1. The molecule has 0 saturated carbocycles. The van der Waals surface area contributed by atoms with E-state index in [0.717, 1.165) is 18.7 Å². The highest BCUT2D eigenvalue weighted by Crippen LogP contribution is 2.34. The Bertz CT molecular complexity index is 428. The summed E-state index contributed by atoms with van der Waals surface area (Å²) in [6.07, 6.45) is 0. The zero-order valence-corrected chi connectivity index (χ0v) is 11.9. The Labute approximate surface area is 113 Å². The first kappa shape index (κ1) is 14.4. The first-order valence-corrected chi connectivity index (χ1v) is 6.79. The summed E-state index contributed by atoms with van der Waals surface area (Å²) < 4.78 is 29.1. The molecule has 0 atom stereocenters. The molecular weight excluding hydrogens is 246 g/mol. The van der Waals surface area contributed by atoms with Crippen LogP contribution in [0.3, 0.4) is 0 Å². The van der Waals surface area contributed by atoms with E-state index in [0.29, 0.717) is 24.2 Å². The van der Waals surface area contributed by atoms with Crippen molar-refractivity contribution >= 4 is 0 Å². The predicted molar refractivity (Wildman–Crippen MR) is 73.9 cm³/mol. The molecule has 1 heterocycles. The Hall–Kier alpha value is -1.00. The molecule has 1 aliphatic heterocycles. The zero-order chi connectivity index (χ0) is 14.0. The Kier molecular flexibility index (Phi) is 4.21. The fourth-order valence-electron chi connectivity index (χ4n) is 2.99. The van der Waals surface area contributed by atoms with Crippen molar-refractivity contribution in [2.24, 2.45) is 0 Å². The van der Waals surface area contributed by atoms with Gasteiger partial charge in [-0.2, -0.15) is 8.78 Å². The highest BCUT2D eigenvalue weighted by molar-refractivity contribution is 5.40. The number of alkyl halides is 2. The second-order valence-electron chi connectivity index (χ2n) is 5.50. The van der Waals surface area contributed by atoms with Gasteiger partial charge in [-0.3, -0.25) is 4.90 Å². The van der Waals surface area contributed by atoms with Crippen molar-refractivity contribution in [3.05, 3.63) is 34.4 Å². The molecular formula is C15H22F2N2. The number of piperazine rings is 1. The van der Waals surface area contributed by atoms with E-state index in [1.807, 2.05) is 24.0 Å². The van der Waals surface area contributed by atoms with Gasteiger partial charge in [0.15, 0.2) is 0 Å². The standard InChI is InChI=1S/C15H22F2N2/c1-11-8-12(2)14(13(3)9-11)15(16,17)10-19-6-4-18-5-7-19/h8-9,18H,4-7,10H2,1-3H3. The van der Waals surface area contributed by atoms with Crippen molar-refractivity contribution in [3.8, 4) is 0 Å². The van der Waals surface area contributed by atoms with Gasteiger partial charge in [0.05, 0.1) is 6.54 Å². The lowest BCUT2D eigenvalue weighted by Gasteiger charge is -2.32. The summed E-state index contributed by atoms with van der Waals surface area (Å²) in [7, 11) is 0. The number of hydrogen-bond donors (Lipinski definition) is 1. The Morgan fingerprint density at radius 1 is 1.11 bits per heavy atom. The van der Waals surface area contributed by atoms with E-state index in [2.05, 4.69) is 5.32 Å². The number of nitrogens with one attached hydrogen (secondary N) is 1. The van der Waals surface area contributed by atoms with E-state index < -0.39 is 5.92 Å². The maximum absolute atomic E-state index is 14.5. The first-order valence-electron chi connectivity index (χ1n) is 6.79. The molecule has 1 fully saturated rings. The largest absolute Gasteiger partial charge is 0.314 e. The minimum atomic E-state index is -2.78. The van der Waals surface area contributed by atoms with Crippen LogP contribution in [0, 0.1) is 20.8 Å². The third-order valence-electron chi connectivity index (χ3n) is 3.67. The van der Waals surface area contributed by atoms with Crippen molar-refractivity contribution in [1.82, 2.24) is 10.2 Å². The number of nitrogens with zero attached hydrogens (tertiary/aromatic N) is 1. The third kappa shape index (κ3) is 3.31. The van der Waals surface area contributed by atoms with Gasteiger partial charge in [-0.15, -0.1) is 0 Å². The topological polar surface area (TPSA) is 15.3 Å². The molecule has 2 rings (SSSR count). The molecule has 0 amide bonds. The highest BCUT2D eigenvalue weighted by atomic mass is 19.3. The van der Waals surface area contributed by atoms with Crippen molar-refractivity contribution in [1.29, 1.82) is 0 Å². The third-order valence-corrected chi connectivity index (χ3v) is 3.67. The van der Waals surface area contributed by atoms with E-state index in [9.17, 15) is 8.78 Å². The summed E-state index contributed by atoms with van der Waals surface area (Å²) in [6.45, 7) is 8.29. The van der Waals surface area contributed by atoms with Crippen LogP contribution < -0.4 is 5.32 Å². The number of aryl methyl sites for hydroxylation is 3. The summed E-state index contributed by atoms with van der Waals surface area (Å²) in [5.74, 6) is -2.78. The molecule has 0 unspecified atom stereocenters. The summed E-state index contributed by atoms with van der Waals surface area (Å²) in [6, 6.07) is 3.68. The zero-order valence-electron chi connectivity index (χ0n) is 11.9. The van der Waals surface area contributed by atoms with Crippen molar-refractivity contribution < 1.29 is 8.78 Å². The molecule has 1 aromatic rings. The van der Waals surface area contributed by atoms with Gasteiger partial charge in [-0.25, -0.2) is 0 Å². The average Bonchev–Trinajstić information content (AvgIpc) is 2.27. The fraction of sp³-hybridized carbons (Fsp3) is 0.600. The van der Waals surface area contributed by atoms with Gasteiger partial charge in [-0.05, 0) is 31.9 Å². The van der Waals surface area contributed by atoms with Gasteiger partial charge in [0.25, 0.3) is 5.92 Å². The van der Waals surface area contributed by atoms with Crippen molar-refractivity contribution in [3.63, 3.8) is 0 Å². The number of halogens is 2. The molecule has 1 saturated heterocycles. The van der Waals surface area contributed by atoms with Crippen LogP contribution in [0.25, 0.3) is 0 Å². The highest BCUT2D eigenvalue weighted by Gasteiger charge is 2.37. The monoisotopic (exact) mass is 268 g/mol. The summed E-state index contributed by atoms with van der Waals surface area (Å²) in [5.41, 5.74) is 2.63. The van der Waals surface area contributed by atoms with E-state index in [-0.39, 0.29) is 12.1 Å². The van der Waals surface area contributed by atoms with Crippen LogP contribution in [0.2, 0.25) is 0 Å². The maximum Gasteiger partial charge on any atom is 0.286 e. The molecule has 0 aliphatic carbocycles. The number of rotatable bonds is 3. The maximum atomic E-state index is 14.5. The Balaban J connectivity index is 2.23. The van der Waals surface area contributed by atoms with Crippen LogP contribution in [0.1, 0.15) is 22.3 Å². The molecule has 0 spiro atoms. The van der Waals surface area contributed by atoms with Crippen LogP contribution in [0.5, 0.6) is 0 Å². The lowest BCUT2D eigenvalue weighted by Crippen LogP contribution is -2.47. The second-order valence-corrected chi connectivity index (χ2v) is 5.50. The average molecular weight is 268 g/mol. The molecule has 1 aliphatic rings. The molecule has 106 valence electrons. The lowest BCUT2D eigenvalue weighted by molar-refractivity contribution is -0.0410. The fourth-order valence-corrected chi connectivity index (χ4v) is 2.99. The first-order chi connectivity index (χ1) is 8.90. The van der Waals surface area contributed by atoms with E-state index >= 15 is 0 Å². The summed E-state index contributed by atoms with van der Waals surface area (Å²) >= 11 is 0. The molecule has 2 nitrogen and oxygen atoms in total. The van der Waals surface area contributed by atoms with E-state index in [1.54, 1.807) is 13.8 Å². The quantitative estimate of drug-likeness (QED) is 0.906. The predicted octanol–water partition coefficient (Wildman–Crippen LogP) is 2.61.